The minimum absolute atomic E-state index is 0.0336. The molecule has 0 spiro atoms. The van der Waals surface area contributed by atoms with E-state index >= 15 is 0 Å². The minimum atomic E-state index is -0.559. The van der Waals surface area contributed by atoms with Gasteiger partial charge in [-0.2, -0.15) is 0 Å². The largest absolute Gasteiger partial charge is 0.367 e. The highest BCUT2D eigenvalue weighted by molar-refractivity contribution is 5.88. The van der Waals surface area contributed by atoms with Gasteiger partial charge in [0.2, 0.25) is 5.91 Å². The molecule has 70 valence electrons. The molecule has 0 unspecified atom stereocenters. The highest BCUT2D eigenvalue weighted by Gasteiger charge is 2.45. The first kappa shape index (κ1) is 8.31. The zero-order valence-electron chi connectivity index (χ0n) is 7.34. The van der Waals surface area contributed by atoms with E-state index in [0.29, 0.717) is 6.54 Å². The summed E-state index contributed by atoms with van der Waals surface area (Å²) in [6, 6.07) is 1.93. The van der Waals surface area contributed by atoms with Crippen molar-refractivity contribution in [2.45, 2.75) is 24.9 Å². The Morgan fingerprint density at radius 3 is 3.00 bits per heavy atom. The van der Waals surface area contributed by atoms with Crippen LogP contribution in [0.1, 0.15) is 18.4 Å². The van der Waals surface area contributed by atoms with Gasteiger partial charge in [0, 0.05) is 18.9 Å². The summed E-state index contributed by atoms with van der Waals surface area (Å²) in [7, 11) is 0. The monoisotopic (exact) mass is 179 g/mol. The molecular formula is C9H13N3O. The van der Waals surface area contributed by atoms with Crippen molar-refractivity contribution < 1.29 is 4.79 Å². The Bertz CT molecular complexity index is 301. The van der Waals surface area contributed by atoms with Crippen LogP contribution in [0.3, 0.4) is 0 Å². The summed E-state index contributed by atoms with van der Waals surface area (Å²) in [5, 5.41) is 2.80. The molecule has 0 radical (unpaired) electrons. The van der Waals surface area contributed by atoms with Crippen molar-refractivity contribution in [3.05, 3.63) is 24.0 Å². The second kappa shape index (κ2) is 2.88. The predicted molar refractivity (Wildman–Crippen MR) is 48.8 cm³/mol. The number of aromatic nitrogens is 1. The summed E-state index contributed by atoms with van der Waals surface area (Å²) in [5.41, 5.74) is 6.22. The molecule has 1 aromatic heterocycles. The average molecular weight is 179 g/mol. The lowest BCUT2D eigenvalue weighted by molar-refractivity contribution is -0.123. The number of aromatic amines is 1. The number of carbonyl (C=O) groups excluding carboxylic acids is 1. The number of nitrogens with one attached hydrogen (secondary N) is 2. The topological polar surface area (TPSA) is 70.9 Å². The summed E-state index contributed by atoms with van der Waals surface area (Å²) < 4.78 is 0. The summed E-state index contributed by atoms with van der Waals surface area (Å²) in [6.45, 7) is 0.557. The molecule has 0 bridgehead atoms. The van der Waals surface area contributed by atoms with Gasteiger partial charge in [0.25, 0.3) is 0 Å². The Balaban J connectivity index is 1.83. The lowest BCUT2D eigenvalue weighted by Crippen LogP contribution is -2.42. The molecule has 4 nitrogen and oxygen atoms in total. The number of amides is 1. The zero-order chi connectivity index (χ0) is 9.31. The molecule has 0 aromatic carbocycles. The standard InChI is InChI=1S/C9H13N3O/c10-9(2-3-9)8(13)12-6-7-1-4-11-5-7/h1,4-5,11H,2-3,6,10H2,(H,12,13). The highest BCUT2D eigenvalue weighted by atomic mass is 16.2. The van der Waals surface area contributed by atoms with E-state index in [0.717, 1.165) is 18.4 Å². The molecule has 4 heteroatoms. The van der Waals surface area contributed by atoms with Crippen molar-refractivity contribution in [2.24, 2.45) is 5.73 Å². The van der Waals surface area contributed by atoms with E-state index in [9.17, 15) is 4.79 Å². The van der Waals surface area contributed by atoms with Crippen LogP contribution in [0.15, 0.2) is 18.5 Å². The average Bonchev–Trinajstić information content (AvgIpc) is 2.70. The summed E-state index contributed by atoms with van der Waals surface area (Å²) in [5.74, 6) is -0.0336. The summed E-state index contributed by atoms with van der Waals surface area (Å²) in [6.07, 6.45) is 5.31. The Morgan fingerprint density at radius 2 is 2.46 bits per heavy atom. The van der Waals surface area contributed by atoms with Crippen molar-refractivity contribution in [3.63, 3.8) is 0 Å². The molecule has 1 aliphatic carbocycles. The van der Waals surface area contributed by atoms with Gasteiger partial charge in [0.15, 0.2) is 0 Å². The van der Waals surface area contributed by atoms with Crippen LogP contribution in [-0.4, -0.2) is 16.4 Å². The molecule has 13 heavy (non-hydrogen) atoms. The molecule has 1 aliphatic rings. The van der Waals surface area contributed by atoms with Crippen molar-refractivity contribution in [1.29, 1.82) is 0 Å². The van der Waals surface area contributed by atoms with Gasteiger partial charge in [-0.15, -0.1) is 0 Å². The smallest absolute Gasteiger partial charge is 0.240 e. The van der Waals surface area contributed by atoms with Gasteiger partial charge in [-0.25, -0.2) is 0 Å². The van der Waals surface area contributed by atoms with Gasteiger partial charge in [-0.3, -0.25) is 4.79 Å². The number of rotatable bonds is 3. The van der Waals surface area contributed by atoms with E-state index in [4.69, 9.17) is 5.73 Å². The Labute approximate surface area is 76.5 Å². The predicted octanol–water partition coefficient (Wildman–Crippen LogP) is 0.122. The molecule has 0 aliphatic heterocycles. The van der Waals surface area contributed by atoms with Gasteiger partial charge >= 0.3 is 0 Å². The van der Waals surface area contributed by atoms with Crippen LogP contribution >= 0.6 is 0 Å². The van der Waals surface area contributed by atoms with Crippen molar-refractivity contribution in [1.82, 2.24) is 10.3 Å². The van der Waals surface area contributed by atoms with Crippen molar-refractivity contribution in [3.8, 4) is 0 Å². The van der Waals surface area contributed by atoms with Gasteiger partial charge < -0.3 is 16.0 Å². The second-order valence-corrected chi connectivity index (χ2v) is 3.56. The van der Waals surface area contributed by atoms with Gasteiger partial charge in [-0.05, 0) is 24.5 Å². The minimum Gasteiger partial charge on any atom is -0.367 e. The first-order chi connectivity index (χ1) is 6.21. The first-order valence-corrected chi connectivity index (χ1v) is 4.40. The van der Waals surface area contributed by atoms with Crippen molar-refractivity contribution >= 4 is 5.91 Å². The van der Waals surface area contributed by atoms with Crippen LogP contribution in [-0.2, 0) is 11.3 Å². The second-order valence-electron chi connectivity index (χ2n) is 3.56. The van der Waals surface area contributed by atoms with Crippen LogP contribution in [0.2, 0.25) is 0 Å². The van der Waals surface area contributed by atoms with Crippen LogP contribution < -0.4 is 11.1 Å². The summed E-state index contributed by atoms with van der Waals surface area (Å²) >= 11 is 0. The fourth-order valence-corrected chi connectivity index (χ4v) is 1.19. The van der Waals surface area contributed by atoms with Crippen LogP contribution in [0, 0.1) is 0 Å². The first-order valence-electron chi connectivity index (χ1n) is 4.40. The molecule has 1 saturated carbocycles. The number of nitrogens with two attached hydrogens (primary N) is 1. The third-order valence-electron chi connectivity index (χ3n) is 2.36. The lowest BCUT2D eigenvalue weighted by Gasteiger charge is -2.08. The molecule has 1 fully saturated rings. The maximum absolute atomic E-state index is 11.4. The van der Waals surface area contributed by atoms with E-state index in [1.807, 2.05) is 18.5 Å². The third-order valence-corrected chi connectivity index (χ3v) is 2.36. The number of H-pyrrole nitrogens is 1. The van der Waals surface area contributed by atoms with Gasteiger partial charge in [-0.1, -0.05) is 0 Å². The molecule has 2 rings (SSSR count). The summed E-state index contributed by atoms with van der Waals surface area (Å²) in [4.78, 5) is 14.3. The van der Waals surface area contributed by atoms with Gasteiger partial charge in [0.05, 0.1) is 5.54 Å². The van der Waals surface area contributed by atoms with Crippen LogP contribution in [0.4, 0.5) is 0 Å². The maximum Gasteiger partial charge on any atom is 0.240 e. The van der Waals surface area contributed by atoms with Crippen molar-refractivity contribution in [2.75, 3.05) is 0 Å². The van der Waals surface area contributed by atoms with Gasteiger partial charge in [0.1, 0.15) is 0 Å². The molecular weight excluding hydrogens is 166 g/mol. The third kappa shape index (κ3) is 1.72. The van der Waals surface area contributed by atoms with E-state index in [2.05, 4.69) is 10.3 Å². The van der Waals surface area contributed by atoms with Crippen LogP contribution in [0.25, 0.3) is 0 Å². The van der Waals surface area contributed by atoms with E-state index in [1.54, 1.807) is 0 Å². The number of carbonyl (C=O) groups is 1. The Kier molecular flexibility index (Phi) is 1.84. The fraction of sp³-hybridized carbons (Fsp3) is 0.444. The van der Waals surface area contributed by atoms with E-state index < -0.39 is 5.54 Å². The number of hydrogen-bond acceptors (Lipinski definition) is 2. The molecule has 4 N–H and O–H groups in total. The quantitative estimate of drug-likeness (QED) is 0.617. The molecule has 1 aromatic rings. The molecule has 1 heterocycles. The van der Waals surface area contributed by atoms with E-state index in [-0.39, 0.29) is 5.91 Å². The SMILES string of the molecule is NC1(C(=O)NCc2cc[nH]c2)CC1. The zero-order valence-corrected chi connectivity index (χ0v) is 7.34. The highest BCUT2D eigenvalue weighted by Crippen LogP contribution is 2.32. The molecule has 0 saturated heterocycles. The van der Waals surface area contributed by atoms with E-state index in [1.165, 1.54) is 0 Å². The maximum atomic E-state index is 11.4. The fourth-order valence-electron chi connectivity index (χ4n) is 1.19. The normalized spacial score (nSPS) is 18.2. The molecule has 1 amide bonds. The Hall–Kier alpha value is -1.29. The molecule has 0 atom stereocenters. The number of hydrogen-bond donors (Lipinski definition) is 3. The Morgan fingerprint density at radius 1 is 1.69 bits per heavy atom. The lowest BCUT2D eigenvalue weighted by atomic mass is 10.2. The van der Waals surface area contributed by atoms with Crippen LogP contribution in [0.5, 0.6) is 0 Å².